The van der Waals surface area contributed by atoms with Crippen LogP contribution in [0.25, 0.3) is 0 Å². The SMILES string of the molecule is CCOC(=O)c1nc(N2CCNC(=O)CC2)sc1C(C)=O. The van der Waals surface area contributed by atoms with Crippen molar-refractivity contribution in [3.63, 3.8) is 0 Å². The van der Waals surface area contributed by atoms with E-state index < -0.39 is 5.97 Å². The Hall–Kier alpha value is -1.96. The van der Waals surface area contributed by atoms with Gasteiger partial charge in [-0.05, 0) is 6.92 Å². The van der Waals surface area contributed by atoms with Gasteiger partial charge in [0.15, 0.2) is 16.6 Å². The molecule has 1 N–H and O–H groups in total. The van der Waals surface area contributed by atoms with Crippen molar-refractivity contribution in [2.24, 2.45) is 0 Å². The number of aromatic nitrogens is 1. The van der Waals surface area contributed by atoms with Crippen LogP contribution in [0.3, 0.4) is 0 Å². The van der Waals surface area contributed by atoms with Crippen molar-refractivity contribution in [3.05, 3.63) is 10.6 Å². The molecule has 0 atom stereocenters. The van der Waals surface area contributed by atoms with E-state index in [-0.39, 0.29) is 24.0 Å². The number of anilines is 1. The van der Waals surface area contributed by atoms with Crippen molar-refractivity contribution in [2.45, 2.75) is 20.3 Å². The predicted molar refractivity (Wildman–Crippen MR) is 77.9 cm³/mol. The van der Waals surface area contributed by atoms with E-state index in [1.54, 1.807) is 6.92 Å². The first-order valence-corrected chi connectivity index (χ1v) is 7.55. The molecule has 1 saturated heterocycles. The van der Waals surface area contributed by atoms with E-state index in [2.05, 4.69) is 10.3 Å². The Bertz CT molecular complexity index is 570. The number of hydrogen-bond donors (Lipinski definition) is 1. The van der Waals surface area contributed by atoms with Crippen LogP contribution in [-0.4, -0.2) is 48.9 Å². The Balaban J connectivity index is 2.28. The third-order valence-electron chi connectivity index (χ3n) is 2.99. The Morgan fingerprint density at radius 2 is 2.19 bits per heavy atom. The standard InChI is InChI=1S/C13H17N3O4S/c1-3-20-12(19)10-11(8(2)17)21-13(15-10)16-6-4-9(18)14-5-7-16/h3-7H2,1-2H3,(H,14,18). The van der Waals surface area contributed by atoms with Gasteiger partial charge in [-0.15, -0.1) is 0 Å². The summed E-state index contributed by atoms with van der Waals surface area (Å²) < 4.78 is 4.93. The number of esters is 1. The van der Waals surface area contributed by atoms with Crippen molar-refractivity contribution in [1.82, 2.24) is 10.3 Å². The van der Waals surface area contributed by atoms with Gasteiger partial charge in [-0.2, -0.15) is 0 Å². The van der Waals surface area contributed by atoms with Gasteiger partial charge in [0.25, 0.3) is 0 Å². The zero-order valence-corrected chi connectivity index (χ0v) is 12.8. The number of nitrogens with one attached hydrogen (secondary N) is 1. The minimum atomic E-state index is -0.589. The second-order valence-corrected chi connectivity index (χ2v) is 5.52. The van der Waals surface area contributed by atoms with E-state index in [4.69, 9.17) is 4.74 Å². The molecule has 1 aromatic heterocycles. The van der Waals surface area contributed by atoms with Gasteiger partial charge in [0, 0.05) is 33.0 Å². The lowest BCUT2D eigenvalue weighted by atomic mass is 10.3. The molecule has 21 heavy (non-hydrogen) atoms. The fourth-order valence-corrected chi connectivity index (χ4v) is 2.98. The monoisotopic (exact) mass is 311 g/mol. The second-order valence-electron chi connectivity index (χ2n) is 4.54. The maximum Gasteiger partial charge on any atom is 0.358 e. The smallest absolute Gasteiger partial charge is 0.358 e. The Morgan fingerprint density at radius 1 is 1.43 bits per heavy atom. The number of carbonyl (C=O) groups is 3. The largest absolute Gasteiger partial charge is 0.461 e. The summed E-state index contributed by atoms with van der Waals surface area (Å²) in [5.74, 6) is -0.813. The van der Waals surface area contributed by atoms with Crippen molar-refractivity contribution in [1.29, 1.82) is 0 Å². The highest BCUT2D eigenvalue weighted by Crippen LogP contribution is 2.28. The normalized spacial score (nSPS) is 15.3. The van der Waals surface area contributed by atoms with Crippen molar-refractivity contribution < 1.29 is 19.1 Å². The van der Waals surface area contributed by atoms with E-state index in [1.165, 1.54) is 6.92 Å². The van der Waals surface area contributed by atoms with Crippen molar-refractivity contribution in [3.8, 4) is 0 Å². The van der Waals surface area contributed by atoms with E-state index in [0.29, 0.717) is 36.1 Å². The second kappa shape index (κ2) is 6.66. The topological polar surface area (TPSA) is 88.6 Å². The van der Waals surface area contributed by atoms with Gasteiger partial charge in [-0.3, -0.25) is 9.59 Å². The number of rotatable bonds is 4. The van der Waals surface area contributed by atoms with Crippen LogP contribution >= 0.6 is 11.3 Å². The summed E-state index contributed by atoms with van der Waals surface area (Å²) in [6.07, 6.45) is 0.365. The third-order valence-corrected chi connectivity index (χ3v) is 4.20. The summed E-state index contributed by atoms with van der Waals surface area (Å²) >= 11 is 1.16. The number of hydrogen-bond acceptors (Lipinski definition) is 7. The first kappa shape index (κ1) is 15.4. The molecule has 0 aromatic carbocycles. The molecule has 2 heterocycles. The summed E-state index contributed by atoms with van der Waals surface area (Å²) in [5, 5.41) is 3.34. The van der Waals surface area contributed by atoms with Crippen LogP contribution in [0.5, 0.6) is 0 Å². The summed E-state index contributed by atoms with van der Waals surface area (Å²) in [5.41, 5.74) is 0.0629. The Labute approximate surface area is 126 Å². The van der Waals surface area contributed by atoms with E-state index in [0.717, 1.165) is 11.3 Å². The van der Waals surface area contributed by atoms with Crippen LogP contribution in [0, 0.1) is 0 Å². The number of carbonyl (C=O) groups excluding carboxylic acids is 3. The van der Waals surface area contributed by atoms with Crippen LogP contribution < -0.4 is 10.2 Å². The molecule has 0 unspecified atom stereocenters. The Kier molecular flexibility index (Phi) is 4.89. The van der Waals surface area contributed by atoms with Gasteiger partial charge in [0.05, 0.1) is 6.61 Å². The van der Waals surface area contributed by atoms with Crippen molar-refractivity contribution >= 4 is 34.1 Å². The van der Waals surface area contributed by atoms with Crippen LogP contribution in [0.4, 0.5) is 5.13 Å². The molecule has 1 aliphatic heterocycles. The lowest BCUT2D eigenvalue weighted by Crippen LogP contribution is -2.28. The number of ketones is 1. The molecule has 0 aliphatic carbocycles. The van der Waals surface area contributed by atoms with Gasteiger partial charge < -0.3 is 15.0 Å². The maximum absolute atomic E-state index is 11.9. The third kappa shape index (κ3) is 3.57. The average Bonchev–Trinajstić information content (AvgIpc) is 2.77. The minimum Gasteiger partial charge on any atom is -0.461 e. The number of thiazole rings is 1. The van der Waals surface area contributed by atoms with Crippen LogP contribution in [0.1, 0.15) is 40.4 Å². The highest BCUT2D eigenvalue weighted by molar-refractivity contribution is 7.17. The van der Waals surface area contributed by atoms with Gasteiger partial charge in [-0.25, -0.2) is 9.78 Å². The van der Waals surface area contributed by atoms with Gasteiger partial charge in [0.1, 0.15) is 4.88 Å². The molecule has 2 rings (SSSR count). The summed E-state index contributed by atoms with van der Waals surface area (Å²) in [6, 6.07) is 0. The van der Waals surface area contributed by atoms with E-state index in [9.17, 15) is 14.4 Å². The average molecular weight is 311 g/mol. The summed E-state index contributed by atoms with van der Waals surface area (Å²) in [6.45, 7) is 4.95. The number of nitrogens with zero attached hydrogens (tertiary/aromatic N) is 2. The molecule has 8 heteroatoms. The molecule has 1 aliphatic rings. The van der Waals surface area contributed by atoms with Gasteiger partial charge >= 0.3 is 5.97 Å². The quantitative estimate of drug-likeness (QED) is 0.655. The molecular formula is C13H17N3O4S. The summed E-state index contributed by atoms with van der Waals surface area (Å²) in [7, 11) is 0. The molecule has 0 saturated carbocycles. The van der Waals surface area contributed by atoms with Crippen LogP contribution in [0.2, 0.25) is 0 Å². The lowest BCUT2D eigenvalue weighted by Gasteiger charge is -2.17. The number of ether oxygens (including phenoxy) is 1. The molecule has 0 radical (unpaired) electrons. The number of Topliss-reactive ketones (excluding diaryl/α,β-unsaturated/α-hetero) is 1. The molecule has 114 valence electrons. The number of amides is 1. The fraction of sp³-hybridized carbons (Fsp3) is 0.538. The maximum atomic E-state index is 11.9. The van der Waals surface area contributed by atoms with Crippen molar-refractivity contribution in [2.75, 3.05) is 31.1 Å². The lowest BCUT2D eigenvalue weighted by molar-refractivity contribution is -0.120. The molecular weight excluding hydrogens is 294 g/mol. The Morgan fingerprint density at radius 3 is 2.86 bits per heavy atom. The predicted octanol–water partition coefficient (Wildman–Crippen LogP) is 0.849. The molecule has 0 spiro atoms. The highest BCUT2D eigenvalue weighted by Gasteiger charge is 2.25. The first-order chi connectivity index (χ1) is 10.0. The fourth-order valence-electron chi connectivity index (χ4n) is 1.98. The summed E-state index contributed by atoms with van der Waals surface area (Å²) in [4.78, 5) is 41.3. The first-order valence-electron chi connectivity index (χ1n) is 6.73. The molecule has 1 aromatic rings. The van der Waals surface area contributed by atoms with Crippen LogP contribution in [-0.2, 0) is 9.53 Å². The zero-order chi connectivity index (χ0) is 15.4. The highest BCUT2D eigenvalue weighted by atomic mass is 32.1. The van der Waals surface area contributed by atoms with Gasteiger partial charge in [0.2, 0.25) is 5.91 Å². The van der Waals surface area contributed by atoms with Gasteiger partial charge in [-0.1, -0.05) is 11.3 Å². The van der Waals surface area contributed by atoms with E-state index >= 15 is 0 Å². The zero-order valence-electron chi connectivity index (χ0n) is 12.0. The molecule has 0 bridgehead atoms. The molecule has 7 nitrogen and oxygen atoms in total. The van der Waals surface area contributed by atoms with Crippen LogP contribution in [0.15, 0.2) is 0 Å². The molecule has 1 fully saturated rings. The van der Waals surface area contributed by atoms with E-state index in [1.807, 2.05) is 4.90 Å². The minimum absolute atomic E-state index is 0.00790. The molecule has 1 amide bonds.